The molecular weight excluding hydrogens is 361 g/mol. The van der Waals surface area contributed by atoms with E-state index in [-0.39, 0.29) is 12.5 Å². The molecule has 1 aromatic heterocycles. The Morgan fingerprint density at radius 2 is 1.93 bits per heavy atom. The van der Waals surface area contributed by atoms with E-state index in [1.165, 1.54) is 24.3 Å². The van der Waals surface area contributed by atoms with E-state index in [9.17, 15) is 22.8 Å². The number of fused-ring (bicyclic) bond motifs is 1. The first kappa shape index (κ1) is 18.7. The van der Waals surface area contributed by atoms with Crippen molar-refractivity contribution in [1.29, 1.82) is 0 Å². The number of alkyl halides is 3. The van der Waals surface area contributed by atoms with Crippen LogP contribution in [0.5, 0.6) is 0 Å². The maximum Gasteiger partial charge on any atom is 0.416 e. The van der Waals surface area contributed by atoms with Crippen LogP contribution in [0.3, 0.4) is 0 Å². The van der Waals surface area contributed by atoms with Gasteiger partial charge in [0.05, 0.1) is 30.5 Å². The van der Waals surface area contributed by atoms with E-state index in [4.69, 9.17) is 0 Å². The molecule has 142 valence electrons. The van der Waals surface area contributed by atoms with Crippen LogP contribution in [0.4, 0.5) is 13.2 Å². The summed E-state index contributed by atoms with van der Waals surface area (Å²) in [4.78, 5) is 25.6. The van der Waals surface area contributed by atoms with Crippen LogP contribution in [0.15, 0.2) is 36.5 Å². The highest BCUT2D eigenvalue weighted by Gasteiger charge is 2.29. The Morgan fingerprint density at radius 1 is 1.22 bits per heavy atom. The number of amides is 2. The molecule has 0 radical (unpaired) electrons. The highest BCUT2D eigenvalue weighted by atomic mass is 19.4. The first-order chi connectivity index (χ1) is 12.7. The van der Waals surface area contributed by atoms with Crippen molar-refractivity contribution in [2.75, 3.05) is 6.54 Å². The smallest absolute Gasteiger partial charge is 0.343 e. The van der Waals surface area contributed by atoms with Gasteiger partial charge >= 0.3 is 6.18 Å². The first-order valence-corrected chi connectivity index (χ1v) is 8.15. The quantitative estimate of drug-likeness (QED) is 0.829. The number of aryl methyl sites for hydroxylation is 1. The average Bonchev–Trinajstić information content (AvgIpc) is 3.20. The molecule has 1 aliphatic heterocycles. The van der Waals surface area contributed by atoms with Gasteiger partial charge in [0.25, 0.3) is 0 Å². The largest absolute Gasteiger partial charge is 0.416 e. The Bertz CT molecular complexity index is 885. The molecule has 0 aliphatic carbocycles. The van der Waals surface area contributed by atoms with Gasteiger partial charge in [-0.2, -0.15) is 18.3 Å². The molecule has 0 atom stereocenters. The number of benzene rings is 1. The van der Waals surface area contributed by atoms with Crippen LogP contribution in [0.2, 0.25) is 0 Å². The zero-order chi connectivity index (χ0) is 19.6. The third-order valence-electron chi connectivity index (χ3n) is 4.28. The van der Waals surface area contributed by atoms with Crippen LogP contribution in [0.1, 0.15) is 22.4 Å². The van der Waals surface area contributed by atoms with E-state index < -0.39 is 17.6 Å². The molecule has 0 bridgehead atoms. The fourth-order valence-corrected chi connectivity index (χ4v) is 2.75. The highest BCUT2D eigenvalue weighted by Crippen LogP contribution is 2.29. The molecule has 0 unspecified atom stereocenters. The van der Waals surface area contributed by atoms with E-state index in [0.29, 0.717) is 18.7 Å². The SMILES string of the molecule is Cn1ncc2c1CN(C(=O)CNC(=O)/C=C/c1ccc(C(F)(F)F)cc1)C2. The second kappa shape index (κ2) is 7.26. The summed E-state index contributed by atoms with van der Waals surface area (Å²) in [5, 5.41) is 6.60. The maximum absolute atomic E-state index is 12.5. The molecule has 1 aliphatic rings. The van der Waals surface area contributed by atoms with Gasteiger partial charge in [0.15, 0.2) is 0 Å². The second-order valence-electron chi connectivity index (χ2n) is 6.16. The third kappa shape index (κ3) is 4.36. The summed E-state index contributed by atoms with van der Waals surface area (Å²) in [6.45, 7) is 0.749. The van der Waals surface area contributed by atoms with Gasteiger partial charge in [-0.3, -0.25) is 14.3 Å². The Morgan fingerprint density at radius 3 is 2.56 bits per heavy atom. The number of hydrogen-bond donors (Lipinski definition) is 1. The predicted molar refractivity (Wildman–Crippen MR) is 90.9 cm³/mol. The van der Waals surface area contributed by atoms with Crippen LogP contribution < -0.4 is 5.32 Å². The summed E-state index contributed by atoms with van der Waals surface area (Å²) in [5.41, 5.74) is 1.65. The summed E-state index contributed by atoms with van der Waals surface area (Å²) in [7, 11) is 1.81. The molecule has 2 heterocycles. The zero-order valence-electron chi connectivity index (χ0n) is 14.5. The number of aromatic nitrogens is 2. The molecule has 1 aromatic carbocycles. The minimum Gasteiger partial charge on any atom is -0.343 e. The van der Waals surface area contributed by atoms with Gasteiger partial charge in [-0.25, -0.2) is 0 Å². The van der Waals surface area contributed by atoms with Gasteiger partial charge in [0, 0.05) is 25.2 Å². The van der Waals surface area contributed by atoms with Crippen molar-refractivity contribution >= 4 is 17.9 Å². The Kier molecular flexibility index (Phi) is 5.02. The van der Waals surface area contributed by atoms with E-state index >= 15 is 0 Å². The number of hydrogen-bond acceptors (Lipinski definition) is 3. The van der Waals surface area contributed by atoms with Gasteiger partial charge in [0.2, 0.25) is 11.8 Å². The fraction of sp³-hybridized carbons (Fsp3) is 0.278. The number of carbonyl (C=O) groups excluding carboxylic acids is 2. The highest BCUT2D eigenvalue weighted by molar-refractivity contribution is 5.94. The minimum atomic E-state index is -4.40. The van der Waals surface area contributed by atoms with Crippen molar-refractivity contribution in [3.63, 3.8) is 0 Å². The minimum absolute atomic E-state index is 0.155. The Hall–Kier alpha value is -3.10. The lowest BCUT2D eigenvalue weighted by Gasteiger charge is -2.15. The average molecular weight is 378 g/mol. The van der Waals surface area contributed by atoms with Crippen molar-refractivity contribution in [3.8, 4) is 0 Å². The van der Waals surface area contributed by atoms with E-state index in [2.05, 4.69) is 10.4 Å². The molecule has 1 N–H and O–H groups in total. The van der Waals surface area contributed by atoms with E-state index in [1.54, 1.807) is 22.8 Å². The van der Waals surface area contributed by atoms with Crippen molar-refractivity contribution in [1.82, 2.24) is 20.0 Å². The van der Waals surface area contributed by atoms with E-state index in [1.807, 2.05) is 0 Å². The van der Waals surface area contributed by atoms with Gasteiger partial charge < -0.3 is 10.2 Å². The van der Waals surface area contributed by atoms with Gasteiger partial charge in [-0.15, -0.1) is 0 Å². The Labute approximate surface area is 153 Å². The van der Waals surface area contributed by atoms with Crippen molar-refractivity contribution in [2.24, 2.45) is 7.05 Å². The van der Waals surface area contributed by atoms with Crippen LogP contribution in [-0.2, 0) is 35.9 Å². The van der Waals surface area contributed by atoms with Crippen molar-refractivity contribution < 1.29 is 22.8 Å². The number of rotatable bonds is 4. The van der Waals surface area contributed by atoms with Gasteiger partial charge in [-0.1, -0.05) is 12.1 Å². The number of halogens is 3. The molecule has 27 heavy (non-hydrogen) atoms. The molecule has 9 heteroatoms. The molecular formula is C18H17F3N4O2. The normalized spacial score (nSPS) is 13.9. The number of nitrogens with one attached hydrogen (secondary N) is 1. The van der Waals surface area contributed by atoms with Crippen LogP contribution in [-0.4, -0.2) is 33.0 Å². The lowest BCUT2D eigenvalue weighted by atomic mass is 10.1. The number of nitrogens with zero attached hydrogens (tertiary/aromatic N) is 3. The lowest BCUT2D eigenvalue weighted by Crippen LogP contribution is -2.37. The first-order valence-electron chi connectivity index (χ1n) is 8.15. The molecule has 0 saturated heterocycles. The van der Waals surface area contributed by atoms with Crippen LogP contribution >= 0.6 is 0 Å². The summed E-state index contributed by atoms with van der Waals surface area (Å²) in [6, 6.07) is 4.43. The maximum atomic E-state index is 12.5. The monoisotopic (exact) mass is 378 g/mol. The summed E-state index contributed by atoms with van der Waals surface area (Å²) < 4.78 is 39.2. The molecule has 0 fully saturated rings. The lowest BCUT2D eigenvalue weighted by molar-refractivity contribution is -0.137. The van der Waals surface area contributed by atoms with Crippen molar-refractivity contribution in [2.45, 2.75) is 19.3 Å². The molecule has 3 rings (SSSR count). The molecule has 0 saturated carbocycles. The van der Waals surface area contributed by atoms with E-state index in [0.717, 1.165) is 23.4 Å². The summed E-state index contributed by atoms with van der Waals surface area (Å²) in [6.07, 6.45) is -0.116. The molecule has 2 amide bonds. The zero-order valence-corrected chi connectivity index (χ0v) is 14.5. The predicted octanol–water partition coefficient (Wildman–Crippen LogP) is 2.11. The fourth-order valence-electron chi connectivity index (χ4n) is 2.75. The summed E-state index contributed by atoms with van der Waals surface area (Å²) in [5.74, 6) is -0.718. The summed E-state index contributed by atoms with van der Waals surface area (Å²) >= 11 is 0. The third-order valence-corrected chi connectivity index (χ3v) is 4.28. The molecule has 6 nitrogen and oxygen atoms in total. The van der Waals surface area contributed by atoms with Gasteiger partial charge in [0.1, 0.15) is 0 Å². The second-order valence-corrected chi connectivity index (χ2v) is 6.16. The molecule has 0 spiro atoms. The topological polar surface area (TPSA) is 67.2 Å². The van der Waals surface area contributed by atoms with Crippen LogP contribution in [0, 0.1) is 0 Å². The van der Waals surface area contributed by atoms with Crippen LogP contribution in [0.25, 0.3) is 6.08 Å². The van der Waals surface area contributed by atoms with Gasteiger partial charge in [-0.05, 0) is 23.8 Å². The molecule has 2 aromatic rings. The number of carbonyl (C=O) groups is 2. The standard InChI is InChI=1S/C18H17F3N4O2/c1-24-15-11-25(10-13(15)8-23-24)17(27)9-22-16(26)7-4-12-2-5-14(6-3-12)18(19,20)21/h2-8H,9-11H2,1H3,(H,22,26)/b7-4+. The Balaban J connectivity index is 1.48. The van der Waals surface area contributed by atoms with Crippen molar-refractivity contribution in [3.05, 3.63) is 58.9 Å².